The van der Waals surface area contributed by atoms with Gasteiger partial charge in [0.2, 0.25) is 0 Å². The van der Waals surface area contributed by atoms with Crippen LogP contribution in [0.2, 0.25) is 0 Å². The van der Waals surface area contributed by atoms with Crippen LogP contribution in [0.25, 0.3) is 0 Å². The lowest BCUT2D eigenvalue weighted by molar-refractivity contribution is -0.170. The summed E-state index contributed by atoms with van der Waals surface area (Å²) in [7, 11) is 1.63. The van der Waals surface area contributed by atoms with E-state index in [1.807, 2.05) is 36.0 Å². The van der Waals surface area contributed by atoms with E-state index in [0.717, 1.165) is 6.54 Å². The molecule has 28 heavy (non-hydrogen) atoms. The monoisotopic (exact) mass is 404 g/mol. The van der Waals surface area contributed by atoms with E-state index in [2.05, 4.69) is 0 Å². The molecule has 0 radical (unpaired) electrons. The van der Waals surface area contributed by atoms with E-state index in [9.17, 15) is 4.79 Å². The Labute approximate surface area is 168 Å². The van der Waals surface area contributed by atoms with Gasteiger partial charge in [-0.15, -0.1) is 0 Å². The van der Waals surface area contributed by atoms with E-state index in [0.29, 0.717) is 66.0 Å². The van der Waals surface area contributed by atoms with E-state index < -0.39 is 6.35 Å². The maximum absolute atomic E-state index is 12.1. The number of ether oxygens (including phenoxy) is 6. The van der Waals surface area contributed by atoms with Gasteiger partial charge in [-0.25, -0.2) is 0 Å². The van der Waals surface area contributed by atoms with Crippen molar-refractivity contribution in [3.63, 3.8) is 0 Å². The van der Waals surface area contributed by atoms with Crippen molar-refractivity contribution in [2.75, 3.05) is 79.7 Å². The van der Waals surface area contributed by atoms with Crippen LogP contribution >= 0.6 is 0 Å². The lowest BCUT2D eigenvalue weighted by atomic mass is 10.4. The van der Waals surface area contributed by atoms with E-state index in [-0.39, 0.29) is 12.4 Å². The summed E-state index contributed by atoms with van der Waals surface area (Å²) in [4.78, 5) is 16.0. The van der Waals surface area contributed by atoms with Crippen LogP contribution in [0.15, 0.2) is 12.4 Å². The van der Waals surface area contributed by atoms with Crippen molar-refractivity contribution in [3.8, 4) is 0 Å². The molecule has 0 N–H and O–H groups in total. The number of nitrogens with zero attached hydrogens (tertiary/aromatic N) is 2. The lowest BCUT2D eigenvalue weighted by Crippen LogP contribution is -2.43. The summed E-state index contributed by atoms with van der Waals surface area (Å²) in [5, 5.41) is 0. The third-order valence-corrected chi connectivity index (χ3v) is 3.94. The molecule has 0 amide bonds. The molecule has 1 heterocycles. The Hall–Kier alpha value is -1.39. The first kappa shape index (κ1) is 24.6. The highest BCUT2D eigenvalue weighted by atomic mass is 16.6. The predicted molar refractivity (Wildman–Crippen MR) is 104 cm³/mol. The molecule has 0 fully saturated rings. The molecule has 1 unspecified atom stereocenters. The summed E-state index contributed by atoms with van der Waals surface area (Å²) in [5.41, 5.74) is 0. The summed E-state index contributed by atoms with van der Waals surface area (Å²) < 4.78 is 31.9. The zero-order valence-corrected chi connectivity index (χ0v) is 17.5. The van der Waals surface area contributed by atoms with Crippen LogP contribution in [-0.2, 0) is 33.2 Å². The highest BCUT2D eigenvalue weighted by Gasteiger charge is 2.28. The zero-order chi connectivity index (χ0) is 20.5. The molecule has 0 saturated carbocycles. The first-order valence-electron chi connectivity index (χ1n) is 9.92. The Kier molecular flexibility index (Phi) is 14.6. The fourth-order valence-corrected chi connectivity index (χ4v) is 2.42. The maximum Gasteiger partial charge on any atom is 0.311 e. The van der Waals surface area contributed by atoms with Crippen molar-refractivity contribution in [2.24, 2.45) is 0 Å². The summed E-state index contributed by atoms with van der Waals surface area (Å²) >= 11 is 0. The van der Waals surface area contributed by atoms with Crippen LogP contribution in [0.4, 0.5) is 0 Å². The molecule has 1 rings (SSSR count). The normalized spacial score (nSPS) is 16.2. The molecular weight excluding hydrogens is 368 g/mol. The molecule has 0 aromatic heterocycles. The number of methoxy groups -OCH3 is 1. The lowest BCUT2D eigenvalue weighted by Gasteiger charge is -2.31. The number of esters is 1. The van der Waals surface area contributed by atoms with Gasteiger partial charge in [0.1, 0.15) is 0 Å². The van der Waals surface area contributed by atoms with Crippen LogP contribution in [0.3, 0.4) is 0 Å². The largest absolute Gasteiger partial charge is 0.422 e. The topological polar surface area (TPSA) is 78.9 Å². The molecule has 1 aliphatic heterocycles. The fraction of sp³-hybridized carbons (Fsp3) is 0.842. The molecule has 9 heteroatoms. The van der Waals surface area contributed by atoms with Crippen molar-refractivity contribution in [1.29, 1.82) is 0 Å². The van der Waals surface area contributed by atoms with E-state index in [4.69, 9.17) is 28.4 Å². The fourth-order valence-electron chi connectivity index (χ4n) is 2.42. The minimum absolute atomic E-state index is 0.202. The second kappa shape index (κ2) is 16.6. The molecule has 164 valence electrons. The molecule has 0 saturated heterocycles. The Morgan fingerprint density at radius 1 is 0.821 bits per heavy atom. The predicted octanol–water partition coefficient (Wildman–Crippen LogP) is 1.04. The smallest absolute Gasteiger partial charge is 0.311 e. The molecule has 0 bridgehead atoms. The van der Waals surface area contributed by atoms with Gasteiger partial charge in [-0.2, -0.15) is 0 Å². The summed E-state index contributed by atoms with van der Waals surface area (Å²) in [6, 6.07) is 0. The summed E-state index contributed by atoms with van der Waals surface area (Å²) in [6.45, 7) is 10.0. The molecule has 1 aliphatic rings. The van der Waals surface area contributed by atoms with Gasteiger partial charge in [0.05, 0.1) is 59.3 Å². The standard InChI is InChI=1S/C19H36N2O7/c1-4-20-7-8-21(9-11-24-5-2)19(20)28-18(22)6-10-25-14-15-27-17-16-26-13-12-23-3/h7-8,19H,4-6,9-17H2,1-3H3. The third-order valence-electron chi connectivity index (χ3n) is 3.94. The Morgan fingerprint density at radius 3 is 2.04 bits per heavy atom. The maximum atomic E-state index is 12.1. The van der Waals surface area contributed by atoms with Crippen LogP contribution in [0.1, 0.15) is 20.3 Å². The van der Waals surface area contributed by atoms with Gasteiger partial charge >= 0.3 is 5.97 Å². The van der Waals surface area contributed by atoms with Gasteiger partial charge in [-0.3, -0.25) is 4.79 Å². The van der Waals surface area contributed by atoms with Crippen molar-refractivity contribution in [3.05, 3.63) is 12.4 Å². The van der Waals surface area contributed by atoms with E-state index in [1.54, 1.807) is 7.11 Å². The van der Waals surface area contributed by atoms with Gasteiger partial charge in [0.15, 0.2) is 0 Å². The molecule has 1 atom stereocenters. The number of hydrogen-bond acceptors (Lipinski definition) is 9. The average Bonchev–Trinajstić information content (AvgIpc) is 3.08. The van der Waals surface area contributed by atoms with Crippen molar-refractivity contribution >= 4 is 5.97 Å². The number of rotatable bonds is 18. The first-order chi connectivity index (χ1) is 13.7. The quantitative estimate of drug-likeness (QED) is 0.246. The van der Waals surface area contributed by atoms with Crippen LogP contribution in [0, 0.1) is 0 Å². The number of carbonyl (C=O) groups excluding carboxylic acids is 1. The molecule has 0 spiro atoms. The van der Waals surface area contributed by atoms with Gasteiger partial charge in [0, 0.05) is 39.2 Å². The minimum atomic E-state index is -0.417. The van der Waals surface area contributed by atoms with Crippen LogP contribution < -0.4 is 0 Å². The number of carbonyl (C=O) groups is 1. The molecule has 0 aromatic rings. The van der Waals surface area contributed by atoms with Crippen LogP contribution in [-0.4, -0.2) is 102 Å². The Morgan fingerprint density at radius 2 is 1.43 bits per heavy atom. The zero-order valence-electron chi connectivity index (χ0n) is 17.5. The second-order valence-electron chi connectivity index (χ2n) is 5.96. The van der Waals surface area contributed by atoms with Crippen molar-refractivity contribution in [2.45, 2.75) is 26.6 Å². The SMILES string of the molecule is CCOCCN1C=CN(CC)C1OC(=O)CCOCCOCCOCCOC. The highest BCUT2D eigenvalue weighted by molar-refractivity contribution is 5.69. The molecule has 9 nitrogen and oxygen atoms in total. The van der Waals surface area contributed by atoms with Gasteiger partial charge in [-0.05, 0) is 13.8 Å². The van der Waals surface area contributed by atoms with Crippen molar-refractivity contribution in [1.82, 2.24) is 9.80 Å². The first-order valence-corrected chi connectivity index (χ1v) is 9.92. The second-order valence-corrected chi connectivity index (χ2v) is 5.96. The third kappa shape index (κ3) is 10.8. The van der Waals surface area contributed by atoms with Crippen molar-refractivity contribution < 1.29 is 33.2 Å². The molecule has 0 aromatic carbocycles. The Balaban J connectivity index is 2.08. The highest BCUT2D eigenvalue weighted by Crippen LogP contribution is 2.17. The molecular formula is C19H36N2O7. The minimum Gasteiger partial charge on any atom is -0.422 e. The van der Waals surface area contributed by atoms with Crippen LogP contribution in [0.5, 0.6) is 0 Å². The summed E-state index contributed by atoms with van der Waals surface area (Å²) in [5.74, 6) is -0.291. The van der Waals surface area contributed by atoms with E-state index in [1.165, 1.54) is 0 Å². The Bertz CT molecular complexity index is 423. The van der Waals surface area contributed by atoms with Gasteiger partial charge in [0.25, 0.3) is 6.35 Å². The van der Waals surface area contributed by atoms with Gasteiger partial charge in [-0.1, -0.05) is 0 Å². The van der Waals surface area contributed by atoms with Gasteiger partial charge < -0.3 is 38.2 Å². The van der Waals surface area contributed by atoms with E-state index >= 15 is 0 Å². The average molecular weight is 405 g/mol. The summed E-state index contributed by atoms with van der Waals surface area (Å²) in [6.07, 6.45) is 3.64. The molecule has 0 aliphatic carbocycles. The number of hydrogen-bond donors (Lipinski definition) is 0.